The van der Waals surface area contributed by atoms with E-state index in [1.807, 2.05) is 31.2 Å². The smallest absolute Gasteiger partial charge is 0.146 e. The number of para-hydroxylation sites is 1. The van der Waals surface area contributed by atoms with Crippen molar-refractivity contribution in [3.05, 3.63) is 65.4 Å². The molecule has 0 saturated carbocycles. The van der Waals surface area contributed by atoms with Crippen molar-refractivity contribution in [2.24, 2.45) is 5.73 Å². The highest BCUT2D eigenvalue weighted by Gasteiger charge is 2.19. The van der Waals surface area contributed by atoms with E-state index in [9.17, 15) is 4.39 Å². The highest BCUT2D eigenvalue weighted by molar-refractivity contribution is 5.81. The van der Waals surface area contributed by atoms with Crippen molar-refractivity contribution in [3.63, 3.8) is 0 Å². The second-order valence-electron chi connectivity index (χ2n) is 4.49. The van der Waals surface area contributed by atoms with Crippen LogP contribution in [-0.4, -0.2) is 4.98 Å². The van der Waals surface area contributed by atoms with Crippen LogP contribution in [-0.2, 0) is 0 Å². The number of benzene rings is 1. The molecule has 0 aliphatic heterocycles. The van der Waals surface area contributed by atoms with Crippen molar-refractivity contribution >= 4 is 11.0 Å². The first kappa shape index (κ1) is 11.9. The second kappa shape index (κ2) is 4.48. The summed E-state index contributed by atoms with van der Waals surface area (Å²) >= 11 is 0. The Hall–Kier alpha value is -2.20. The summed E-state index contributed by atoms with van der Waals surface area (Å²) in [6.45, 7) is 1.96. The Morgan fingerprint density at radius 1 is 1.26 bits per heavy atom. The van der Waals surface area contributed by atoms with Crippen LogP contribution in [0.3, 0.4) is 0 Å². The molecular formula is C15H13FN2O. The fourth-order valence-electron chi connectivity index (χ4n) is 2.14. The lowest BCUT2D eigenvalue weighted by Gasteiger charge is -2.08. The molecule has 1 atom stereocenters. The van der Waals surface area contributed by atoms with Gasteiger partial charge in [0.25, 0.3) is 0 Å². The summed E-state index contributed by atoms with van der Waals surface area (Å²) in [5.41, 5.74) is 8.04. The summed E-state index contributed by atoms with van der Waals surface area (Å²) in [5.74, 6) is 0.0917. The first-order valence-electron chi connectivity index (χ1n) is 6.02. The van der Waals surface area contributed by atoms with Gasteiger partial charge in [0, 0.05) is 11.6 Å². The Labute approximate surface area is 109 Å². The van der Waals surface area contributed by atoms with E-state index in [0.29, 0.717) is 5.76 Å². The van der Waals surface area contributed by atoms with Gasteiger partial charge >= 0.3 is 0 Å². The van der Waals surface area contributed by atoms with Gasteiger partial charge in [0.2, 0.25) is 0 Å². The average Bonchev–Trinajstić information content (AvgIpc) is 2.84. The molecule has 0 bridgehead atoms. The highest BCUT2D eigenvalue weighted by Crippen LogP contribution is 2.28. The van der Waals surface area contributed by atoms with Crippen molar-refractivity contribution in [2.45, 2.75) is 13.0 Å². The lowest BCUT2D eigenvalue weighted by Crippen LogP contribution is -2.14. The van der Waals surface area contributed by atoms with Gasteiger partial charge in [-0.05, 0) is 30.7 Å². The predicted molar refractivity (Wildman–Crippen MR) is 71.2 cm³/mol. The molecule has 96 valence electrons. The van der Waals surface area contributed by atoms with Crippen LogP contribution in [0.5, 0.6) is 0 Å². The number of aromatic nitrogens is 1. The Balaban J connectivity index is 2.10. The third-order valence-corrected chi connectivity index (χ3v) is 3.15. The molecule has 0 radical (unpaired) electrons. The second-order valence-corrected chi connectivity index (χ2v) is 4.49. The number of nitrogens with zero attached hydrogens (tertiary/aromatic N) is 1. The number of nitrogens with two attached hydrogens (primary N) is 1. The minimum absolute atomic E-state index is 0.194. The largest absolute Gasteiger partial charge is 0.459 e. The Morgan fingerprint density at radius 2 is 2.11 bits per heavy atom. The maximum Gasteiger partial charge on any atom is 0.146 e. The van der Waals surface area contributed by atoms with Gasteiger partial charge < -0.3 is 10.2 Å². The fourth-order valence-corrected chi connectivity index (χ4v) is 2.14. The monoisotopic (exact) mass is 256 g/mol. The molecule has 2 heterocycles. The van der Waals surface area contributed by atoms with E-state index in [4.69, 9.17) is 10.2 Å². The van der Waals surface area contributed by atoms with Crippen molar-refractivity contribution in [1.82, 2.24) is 4.98 Å². The molecule has 0 fully saturated rings. The molecule has 2 N–H and O–H groups in total. The Morgan fingerprint density at radius 3 is 2.84 bits per heavy atom. The Bertz CT molecular complexity index is 736. The van der Waals surface area contributed by atoms with Crippen LogP contribution in [0.25, 0.3) is 11.0 Å². The SMILES string of the molecule is Cc1cccc2cc(C(N)c3ncccc3F)oc12. The molecule has 1 aromatic carbocycles. The first-order chi connectivity index (χ1) is 9.16. The molecule has 3 rings (SSSR count). The van der Waals surface area contributed by atoms with Crippen LogP contribution in [0.15, 0.2) is 47.0 Å². The summed E-state index contributed by atoms with van der Waals surface area (Å²) in [5, 5.41) is 0.960. The summed E-state index contributed by atoms with van der Waals surface area (Å²) in [4.78, 5) is 3.99. The lowest BCUT2D eigenvalue weighted by molar-refractivity contribution is 0.501. The third-order valence-electron chi connectivity index (χ3n) is 3.15. The van der Waals surface area contributed by atoms with E-state index in [-0.39, 0.29) is 5.69 Å². The van der Waals surface area contributed by atoms with Crippen LogP contribution in [0, 0.1) is 12.7 Å². The average molecular weight is 256 g/mol. The van der Waals surface area contributed by atoms with E-state index in [0.717, 1.165) is 16.5 Å². The summed E-state index contributed by atoms with van der Waals surface area (Å²) in [6.07, 6.45) is 1.52. The van der Waals surface area contributed by atoms with Crippen LogP contribution < -0.4 is 5.73 Å². The van der Waals surface area contributed by atoms with Crippen LogP contribution in [0.2, 0.25) is 0 Å². The lowest BCUT2D eigenvalue weighted by atomic mass is 10.1. The molecular weight excluding hydrogens is 243 g/mol. The van der Waals surface area contributed by atoms with Crippen LogP contribution in [0.4, 0.5) is 4.39 Å². The van der Waals surface area contributed by atoms with Gasteiger partial charge in [-0.3, -0.25) is 4.98 Å². The molecule has 1 unspecified atom stereocenters. The first-order valence-corrected chi connectivity index (χ1v) is 6.02. The third kappa shape index (κ3) is 2.00. The minimum atomic E-state index is -0.701. The molecule has 2 aromatic heterocycles. The van der Waals surface area contributed by atoms with E-state index in [1.54, 1.807) is 0 Å². The highest BCUT2D eigenvalue weighted by atomic mass is 19.1. The number of pyridine rings is 1. The number of hydrogen-bond acceptors (Lipinski definition) is 3. The molecule has 3 aromatic rings. The molecule has 0 saturated heterocycles. The molecule has 4 heteroatoms. The summed E-state index contributed by atoms with van der Waals surface area (Å²) in [7, 11) is 0. The molecule has 0 spiro atoms. The number of hydrogen-bond donors (Lipinski definition) is 1. The van der Waals surface area contributed by atoms with Gasteiger partial charge in [-0.15, -0.1) is 0 Å². The maximum atomic E-state index is 13.7. The Kier molecular flexibility index (Phi) is 2.80. The van der Waals surface area contributed by atoms with Crippen LogP contribution in [0.1, 0.15) is 23.1 Å². The van der Waals surface area contributed by atoms with Crippen LogP contribution >= 0.6 is 0 Å². The quantitative estimate of drug-likeness (QED) is 0.765. The van der Waals surface area contributed by atoms with Gasteiger partial charge in [0.1, 0.15) is 28.9 Å². The fraction of sp³-hybridized carbons (Fsp3) is 0.133. The predicted octanol–water partition coefficient (Wildman–Crippen LogP) is 3.32. The number of halogens is 1. The standard InChI is InChI=1S/C15H13FN2O/c1-9-4-2-5-10-8-12(19-15(9)10)13(17)14-11(16)6-3-7-18-14/h2-8,13H,17H2,1H3. The molecule has 3 nitrogen and oxygen atoms in total. The van der Waals surface area contributed by atoms with Gasteiger partial charge in [0.15, 0.2) is 0 Å². The van der Waals surface area contributed by atoms with Crippen molar-refractivity contribution in [3.8, 4) is 0 Å². The number of aryl methyl sites for hydroxylation is 1. The van der Waals surface area contributed by atoms with E-state index >= 15 is 0 Å². The number of fused-ring (bicyclic) bond motifs is 1. The van der Waals surface area contributed by atoms with Crippen molar-refractivity contribution in [1.29, 1.82) is 0 Å². The topological polar surface area (TPSA) is 52.0 Å². The van der Waals surface area contributed by atoms with Gasteiger partial charge in [-0.1, -0.05) is 18.2 Å². The van der Waals surface area contributed by atoms with Crippen molar-refractivity contribution < 1.29 is 8.81 Å². The van der Waals surface area contributed by atoms with Gasteiger partial charge in [-0.2, -0.15) is 0 Å². The minimum Gasteiger partial charge on any atom is -0.459 e. The number of furan rings is 1. The molecule has 0 aliphatic carbocycles. The van der Waals surface area contributed by atoms with E-state index < -0.39 is 11.9 Å². The maximum absolute atomic E-state index is 13.7. The number of rotatable bonds is 2. The van der Waals surface area contributed by atoms with Gasteiger partial charge in [-0.25, -0.2) is 4.39 Å². The summed E-state index contributed by atoms with van der Waals surface area (Å²) < 4.78 is 19.4. The van der Waals surface area contributed by atoms with E-state index in [1.165, 1.54) is 18.3 Å². The van der Waals surface area contributed by atoms with Crippen molar-refractivity contribution in [2.75, 3.05) is 0 Å². The molecule has 19 heavy (non-hydrogen) atoms. The normalized spacial score (nSPS) is 12.8. The zero-order valence-electron chi connectivity index (χ0n) is 10.4. The summed E-state index contributed by atoms with van der Waals surface area (Å²) in [6, 6.07) is 9.86. The van der Waals surface area contributed by atoms with Gasteiger partial charge in [0.05, 0.1) is 0 Å². The van der Waals surface area contributed by atoms with E-state index in [2.05, 4.69) is 4.98 Å². The zero-order chi connectivity index (χ0) is 13.4. The molecule has 0 amide bonds. The molecule has 0 aliphatic rings. The zero-order valence-corrected chi connectivity index (χ0v) is 10.4.